The first-order chi connectivity index (χ1) is 13.1. The maximum absolute atomic E-state index is 12.2. The van der Waals surface area contributed by atoms with E-state index in [1.807, 2.05) is 17.5 Å². The fourth-order valence-electron chi connectivity index (χ4n) is 2.42. The molecule has 0 atom stereocenters. The number of pyridine rings is 1. The lowest BCUT2D eigenvalue weighted by atomic mass is 10.2. The molecule has 7 heteroatoms. The number of hydrogen-bond donors (Lipinski definition) is 1. The number of carbonyl (C=O) groups is 2. The number of anilines is 1. The number of nitrogens with zero attached hydrogens (tertiary/aromatic N) is 1. The Kier molecular flexibility index (Phi) is 5.83. The summed E-state index contributed by atoms with van der Waals surface area (Å²) in [5.74, 6) is -0.314. The highest BCUT2D eigenvalue weighted by Crippen LogP contribution is 2.24. The molecule has 0 spiro atoms. The minimum Gasteiger partial charge on any atom is -0.497 e. The number of benzene rings is 1. The molecule has 1 aromatic carbocycles. The monoisotopic (exact) mass is 382 g/mol. The van der Waals surface area contributed by atoms with Crippen molar-refractivity contribution < 1.29 is 19.1 Å². The predicted molar refractivity (Wildman–Crippen MR) is 104 cm³/mol. The van der Waals surface area contributed by atoms with Gasteiger partial charge in [0.1, 0.15) is 5.75 Å². The first-order valence-corrected chi connectivity index (χ1v) is 9.07. The van der Waals surface area contributed by atoms with Crippen molar-refractivity contribution in [2.75, 3.05) is 19.0 Å². The van der Waals surface area contributed by atoms with Crippen molar-refractivity contribution in [3.8, 4) is 16.3 Å². The zero-order valence-corrected chi connectivity index (χ0v) is 15.7. The molecule has 6 nitrogen and oxygen atoms in total. The van der Waals surface area contributed by atoms with Gasteiger partial charge in [0, 0.05) is 5.69 Å². The highest BCUT2D eigenvalue weighted by Gasteiger charge is 2.15. The molecular weight excluding hydrogens is 364 g/mol. The van der Waals surface area contributed by atoms with Gasteiger partial charge < -0.3 is 14.8 Å². The van der Waals surface area contributed by atoms with E-state index in [9.17, 15) is 9.59 Å². The van der Waals surface area contributed by atoms with E-state index in [0.717, 1.165) is 10.6 Å². The van der Waals surface area contributed by atoms with Crippen molar-refractivity contribution in [3.63, 3.8) is 0 Å². The van der Waals surface area contributed by atoms with Gasteiger partial charge in [-0.2, -0.15) is 0 Å². The summed E-state index contributed by atoms with van der Waals surface area (Å²) >= 11 is 1.58. The number of carbonyl (C=O) groups excluding carboxylic acids is 2. The summed E-state index contributed by atoms with van der Waals surface area (Å²) in [4.78, 5) is 29.7. The molecule has 27 heavy (non-hydrogen) atoms. The third-order valence-electron chi connectivity index (χ3n) is 3.79. The van der Waals surface area contributed by atoms with Gasteiger partial charge in [0.05, 0.1) is 28.9 Å². The Labute approximate surface area is 160 Å². The summed E-state index contributed by atoms with van der Waals surface area (Å²) in [6, 6.07) is 14.2. The Morgan fingerprint density at radius 2 is 1.89 bits per heavy atom. The summed E-state index contributed by atoms with van der Waals surface area (Å²) in [6.45, 7) is 1.36. The molecule has 3 aromatic rings. The maximum Gasteiger partial charge on any atom is 0.340 e. The smallest absolute Gasteiger partial charge is 0.340 e. The van der Waals surface area contributed by atoms with Crippen LogP contribution < -0.4 is 10.1 Å². The van der Waals surface area contributed by atoms with E-state index in [1.165, 1.54) is 0 Å². The zero-order valence-electron chi connectivity index (χ0n) is 14.9. The van der Waals surface area contributed by atoms with Crippen LogP contribution in [-0.2, 0) is 9.53 Å². The second-order valence-corrected chi connectivity index (χ2v) is 6.61. The molecule has 0 aliphatic heterocycles. The SMILES string of the molecule is COc1ccc(NC(=O)COC(=O)c2ccc(-c3cccs3)nc2C)cc1. The molecule has 2 aromatic heterocycles. The average molecular weight is 382 g/mol. The number of hydrogen-bond acceptors (Lipinski definition) is 6. The van der Waals surface area contributed by atoms with Gasteiger partial charge in [-0.3, -0.25) is 9.78 Å². The molecule has 138 valence electrons. The largest absolute Gasteiger partial charge is 0.497 e. The van der Waals surface area contributed by atoms with Crippen LogP contribution in [0.1, 0.15) is 16.1 Å². The first-order valence-electron chi connectivity index (χ1n) is 8.19. The Balaban J connectivity index is 1.57. The van der Waals surface area contributed by atoms with E-state index >= 15 is 0 Å². The number of thiophene rings is 1. The van der Waals surface area contributed by atoms with Crippen LogP contribution in [0.3, 0.4) is 0 Å². The van der Waals surface area contributed by atoms with Gasteiger partial charge in [0.25, 0.3) is 5.91 Å². The maximum atomic E-state index is 12.2. The summed E-state index contributed by atoms with van der Waals surface area (Å²) in [5.41, 5.74) is 2.29. The molecule has 3 rings (SSSR count). The lowest BCUT2D eigenvalue weighted by Gasteiger charge is -2.09. The van der Waals surface area contributed by atoms with E-state index in [4.69, 9.17) is 9.47 Å². The molecule has 0 fully saturated rings. The van der Waals surface area contributed by atoms with Gasteiger partial charge in [-0.05, 0) is 54.8 Å². The summed E-state index contributed by atoms with van der Waals surface area (Å²) in [5, 5.41) is 4.62. The summed E-state index contributed by atoms with van der Waals surface area (Å²) < 4.78 is 10.2. The standard InChI is InChI=1S/C20H18N2O4S/c1-13-16(9-10-17(21-13)18-4-3-11-27-18)20(24)26-12-19(23)22-14-5-7-15(25-2)8-6-14/h3-11H,12H2,1-2H3,(H,22,23). The van der Waals surface area contributed by atoms with Crippen LogP contribution in [0.25, 0.3) is 10.6 Å². The van der Waals surface area contributed by atoms with E-state index < -0.39 is 11.9 Å². The number of esters is 1. The minimum atomic E-state index is -0.581. The number of nitrogens with one attached hydrogen (secondary N) is 1. The second kappa shape index (κ2) is 8.46. The highest BCUT2D eigenvalue weighted by molar-refractivity contribution is 7.13. The van der Waals surface area contributed by atoms with Crippen molar-refractivity contribution in [2.45, 2.75) is 6.92 Å². The van der Waals surface area contributed by atoms with Crippen molar-refractivity contribution in [2.24, 2.45) is 0 Å². The molecule has 2 heterocycles. The van der Waals surface area contributed by atoms with Crippen LogP contribution in [0.15, 0.2) is 53.9 Å². The molecule has 0 unspecified atom stereocenters. The average Bonchev–Trinajstić information content (AvgIpc) is 3.21. The molecule has 0 aliphatic rings. The highest BCUT2D eigenvalue weighted by atomic mass is 32.1. The molecule has 0 radical (unpaired) electrons. The van der Waals surface area contributed by atoms with Crippen LogP contribution in [0.4, 0.5) is 5.69 Å². The lowest BCUT2D eigenvalue weighted by Crippen LogP contribution is -2.21. The lowest BCUT2D eigenvalue weighted by molar-refractivity contribution is -0.119. The second-order valence-electron chi connectivity index (χ2n) is 5.66. The molecule has 0 aliphatic carbocycles. The third-order valence-corrected chi connectivity index (χ3v) is 4.68. The number of aromatic nitrogens is 1. The number of amides is 1. The molecule has 0 saturated carbocycles. The van der Waals surface area contributed by atoms with Gasteiger partial charge in [-0.1, -0.05) is 6.07 Å². The van der Waals surface area contributed by atoms with Gasteiger partial charge >= 0.3 is 5.97 Å². The minimum absolute atomic E-state index is 0.340. The van der Waals surface area contributed by atoms with Gasteiger partial charge in [-0.15, -0.1) is 11.3 Å². The van der Waals surface area contributed by atoms with Crippen LogP contribution in [0.5, 0.6) is 5.75 Å². The molecular formula is C20H18N2O4S. The Morgan fingerprint density at radius 1 is 1.11 bits per heavy atom. The van der Waals surface area contributed by atoms with E-state index in [2.05, 4.69) is 10.3 Å². The molecule has 1 N–H and O–H groups in total. The predicted octanol–water partition coefficient (Wildman–Crippen LogP) is 3.92. The van der Waals surface area contributed by atoms with Gasteiger partial charge in [0.15, 0.2) is 6.61 Å². The fraction of sp³-hybridized carbons (Fsp3) is 0.150. The van der Waals surface area contributed by atoms with Crippen molar-refractivity contribution >= 4 is 28.9 Å². The number of methoxy groups -OCH3 is 1. The van der Waals surface area contributed by atoms with E-state index in [-0.39, 0.29) is 6.61 Å². The van der Waals surface area contributed by atoms with E-state index in [1.54, 1.807) is 61.8 Å². The van der Waals surface area contributed by atoms with Gasteiger partial charge in [-0.25, -0.2) is 4.79 Å². The van der Waals surface area contributed by atoms with E-state index in [0.29, 0.717) is 22.7 Å². The first kappa shape index (κ1) is 18.6. The quantitative estimate of drug-likeness (QED) is 0.654. The van der Waals surface area contributed by atoms with Crippen molar-refractivity contribution in [1.82, 2.24) is 4.98 Å². The number of ether oxygens (including phenoxy) is 2. The zero-order chi connectivity index (χ0) is 19.2. The Morgan fingerprint density at radius 3 is 2.52 bits per heavy atom. The fourth-order valence-corrected chi connectivity index (χ4v) is 3.11. The van der Waals surface area contributed by atoms with Crippen LogP contribution in [0, 0.1) is 6.92 Å². The van der Waals surface area contributed by atoms with Gasteiger partial charge in [0.2, 0.25) is 0 Å². The summed E-state index contributed by atoms with van der Waals surface area (Å²) in [6.07, 6.45) is 0. The third kappa shape index (κ3) is 4.71. The number of rotatable bonds is 6. The summed E-state index contributed by atoms with van der Waals surface area (Å²) in [7, 11) is 1.57. The Bertz CT molecular complexity index is 937. The van der Waals surface area contributed by atoms with Crippen LogP contribution in [0.2, 0.25) is 0 Å². The molecule has 0 bridgehead atoms. The Hall–Kier alpha value is -3.19. The van der Waals surface area contributed by atoms with Crippen LogP contribution in [-0.4, -0.2) is 30.6 Å². The normalized spacial score (nSPS) is 10.3. The van der Waals surface area contributed by atoms with Crippen LogP contribution >= 0.6 is 11.3 Å². The molecule has 1 amide bonds. The number of aryl methyl sites for hydroxylation is 1. The van der Waals surface area contributed by atoms with Crippen molar-refractivity contribution in [1.29, 1.82) is 0 Å². The molecule has 0 saturated heterocycles. The topological polar surface area (TPSA) is 77.5 Å². The van der Waals surface area contributed by atoms with Crippen molar-refractivity contribution in [3.05, 3.63) is 65.2 Å².